The van der Waals surface area contributed by atoms with Crippen LogP contribution in [-0.4, -0.2) is 9.78 Å². The van der Waals surface area contributed by atoms with Gasteiger partial charge in [-0.3, -0.25) is 4.79 Å². The van der Waals surface area contributed by atoms with Crippen LogP contribution in [0.15, 0.2) is 29.1 Å². The van der Waals surface area contributed by atoms with E-state index in [1.165, 1.54) is 10.2 Å². The SMILES string of the molecule is CCCCn1nc(-c2ccc(C)cc2C)cc(N)c1=O. The second-order valence-electron chi connectivity index (χ2n) is 5.19. The van der Waals surface area contributed by atoms with Gasteiger partial charge in [0.25, 0.3) is 5.56 Å². The summed E-state index contributed by atoms with van der Waals surface area (Å²) in [7, 11) is 0. The number of nitrogens with two attached hydrogens (primary N) is 1. The molecule has 4 nitrogen and oxygen atoms in total. The van der Waals surface area contributed by atoms with Crippen LogP contribution in [0.2, 0.25) is 0 Å². The maximum Gasteiger partial charge on any atom is 0.289 e. The van der Waals surface area contributed by atoms with Crippen molar-refractivity contribution in [3.8, 4) is 11.3 Å². The highest BCUT2D eigenvalue weighted by molar-refractivity contribution is 5.66. The summed E-state index contributed by atoms with van der Waals surface area (Å²) in [5, 5.41) is 4.46. The summed E-state index contributed by atoms with van der Waals surface area (Å²) < 4.78 is 1.48. The zero-order chi connectivity index (χ0) is 14.7. The average Bonchev–Trinajstić information content (AvgIpc) is 2.40. The van der Waals surface area contributed by atoms with E-state index in [1.54, 1.807) is 6.07 Å². The maximum absolute atomic E-state index is 12.0. The molecule has 0 spiro atoms. The van der Waals surface area contributed by atoms with Crippen LogP contribution < -0.4 is 11.3 Å². The van der Waals surface area contributed by atoms with Gasteiger partial charge in [-0.2, -0.15) is 5.10 Å². The van der Waals surface area contributed by atoms with Gasteiger partial charge in [-0.25, -0.2) is 4.68 Å². The van der Waals surface area contributed by atoms with Crippen molar-refractivity contribution in [2.45, 2.75) is 40.2 Å². The van der Waals surface area contributed by atoms with Gasteiger partial charge in [-0.15, -0.1) is 0 Å². The minimum atomic E-state index is -0.202. The van der Waals surface area contributed by atoms with Gasteiger partial charge in [0.2, 0.25) is 0 Å². The Labute approximate surface area is 119 Å². The fourth-order valence-electron chi connectivity index (χ4n) is 2.25. The number of rotatable bonds is 4. The molecular formula is C16H21N3O. The Morgan fingerprint density at radius 3 is 2.65 bits per heavy atom. The lowest BCUT2D eigenvalue weighted by atomic mass is 10.0. The minimum Gasteiger partial charge on any atom is -0.394 e. The highest BCUT2D eigenvalue weighted by Crippen LogP contribution is 2.22. The van der Waals surface area contributed by atoms with Gasteiger partial charge in [0.05, 0.1) is 5.69 Å². The lowest BCUT2D eigenvalue weighted by Crippen LogP contribution is -2.26. The molecule has 2 N–H and O–H groups in total. The third kappa shape index (κ3) is 2.90. The first-order chi connectivity index (χ1) is 9.52. The number of nitrogen functional groups attached to an aromatic ring is 1. The largest absolute Gasteiger partial charge is 0.394 e. The molecule has 2 aromatic rings. The molecule has 0 amide bonds. The van der Waals surface area contributed by atoms with Crippen LogP contribution in [0.3, 0.4) is 0 Å². The van der Waals surface area contributed by atoms with Gasteiger partial charge in [0, 0.05) is 12.1 Å². The summed E-state index contributed by atoms with van der Waals surface area (Å²) in [5.41, 5.74) is 10.0. The van der Waals surface area contributed by atoms with Crippen molar-refractivity contribution in [3.63, 3.8) is 0 Å². The molecule has 0 radical (unpaired) electrons. The third-order valence-electron chi connectivity index (χ3n) is 3.38. The van der Waals surface area contributed by atoms with Crippen LogP contribution >= 0.6 is 0 Å². The molecule has 0 atom stereocenters. The maximum atomic E-state index is 12.0. The van der Waals surface area contributed by atoms with Crippen LogP contribution in [0.5, 0.6) is 0 Å². The quantitative estimate of drug-likeness (QED) is 0.930. The molecule has 0 aliphatic carbocycles. The molecule has 0 aliphatic heterocycles. The highest BCUT2D eigenvalue weighted by atomic mass is 16.1. The molecule has 1 aromatic carbocycles. The molecule has 1 heterocycles. The number of nitrogens with zero attached hydrogens (tertiary/aromatic N) is 2. The van der Waals surface area contributed by atoms with Crippen molar-refractivity contribution in [2.75, 3.05) is 5.73 Å². The minimum absolute atomic E-state index is 0.202. The Hall–Kier alpha value is -2.10. The Morgan fingerprint density at radius 2 is 2.00 bits per heavy atom. The number of aromatic nitrogens is 2. The Kier molecular flexibility index (Phi) is 4.23. The van der Waals surface area contributed by atoms with Gasteiger partial charge < -0.3 is 5.73 Å². The van der Waals surface area contributed by atoms with Gasteiger partial charge in [-0.1, -0.05) is 37.1 Å². The summed E-state index contributed by atoms with van der Waals surface area (Å²) in [6, 6.07) is 7.85. The standard InChI is InChI=1S/C16H21N3O/c1-4-5-8-19-16(20)14(17)10-15(18-19)13-7-6-11(2)9-12(13)3/h6-7,9-10H,4-5,8,17H2,1-3H3. The first-order valence-corrected chi connectivity index (χ1v) is 6.98. The predicted octanol–water partition coefficient (Wildman–Crippen LogP) is 2.91. The molecule has 0 aliphatic rings. The van der Waals surface area contributed by atoms with Crippen LogP contribution in [-0.2, 0) is 6.54 Å². The van der Waals surface area contributed by atoms with Crippen molar-refractivity contribution in [1.29, 1.82) is 0 Å². The van der Waals surface area contributed by atoms with Gasteiger partial charge >= 0.3 is 0 Å². The third-order valence-corrected chi connectivity index (χ3v) is 3.38. The monoisotopic (exact) mass is 271 g/mol. The fraction of sp³-hybridized carbons (Fsp3) is 0.375. The van der Waals surface area contributed by atoms with Crippen molar-refractivity contribution in [1.82, 2.24) is 9.78 Å². The first-order valence-electron chi connectivity index (χ1n) is 6.98. The van der Waals surface area contributed by atoms with Gasteiger partial charge in [0.1, 0.15) is 5.69 Å². The predicted molar refractivity (Wildman–Crippen MR) is 82.7 cm³/mol. The number of hydrogen-bond acceptors (Lipinski definition) is 3. The summed E-state index contributed by atoms with van der Waals surface area (Å²) in [6.45, 7) is 6.79. The van der Waals surface area contributed by atoms with E-state index in [-0.39, 0.29) is 11.2 Å². The van der Waals surface area contributed by atoms with Crippen molar-refractivity contribution in [3.05, 3.63) is 45.7 Å². The molecule has 0 fully saturated rings. The molecule has 0 bridgehead atoms. The Balaban J connectivity index is 2.51. The first kappa shape index (κ1) is 14.3. The Morgan fingerprint density at radius 1 is 1.25 bits per heavy atom. The van der Waals surface area contributed by atoms with Crippen LogP contribution in [0.25, 0.3) is 11.3 Å². The lowest BCUT2D eigenvalue weighted by Gasteiger charge is -2.10. The molecule has 4 heteroatoms. The average molecular weight is 271 g/mol. The van der Waals surface area contributed by atoms with E-state index in [0.717, 1.165) is 29.7 Å². The second-order valence-corrected chi connectivity index (χ2v) is 5.19. The van der Waals surface area contributed by atoms with Crippen LogP contribution in [0.4, 0.5) is 5.69 Å². The fourth-order valence-corrected chi connectivity index (χ4v) is 2.25. The van der Waals surface area contributed by atoms with E-state index < -0.39 is 0 Å². The molecule has 0 saturated carbocycles. The Bertz CT molecular complexity index is 674. The zero-order valence-corrected chi connectivity index (χ0v) is 12.3. The summed E-state index contributed by atoms with van der Waals surface area (Å²) >= 11 is 0. The molecule has 106 valence electrons. The molecule has 1 aromatic heterocycles. The molecule has 0 saturated heterocycles. The van der Waals surface area contributed by atoms with Crippen molar-refractivity contribution < 1.29 is 0 Å². The van der Waals surface area contributed by atoms with Crippen LogP contribution in [0.1, 0.15) is 30.9 Å². The molecule has 20 heavy (non-hydrogen) atoms. The van der Waals surface area contributed by atoms with Crippen molar-refractivity contribution >= 4 is 5.69 Å². The molecule has 0 unspecified atom stereocenters. The number of aryl methyl sites for hydroxylation is 3. The van der Waals surface area contributed by atoms with E-state index in [2.05, 4.69) is 25.0 Å². The number of anilines is 1. The zero-order valence-electron chi connectivity index (χ0n) is 12.3. The molecular weight excluding hydrogens is 250 g/mol. The summed E-state index contributed by atoms with van der Waals surface area (Å²) in [5.74, 6) is 0. The summed E-state index contributed by atoms with van der Waals surface area (Å²) in [6.07, 6.45) is 1.94. The van der Waals surface area contributed by atoms with Gasteiger partial charge in [-0.05, 0) is 31.9 Å². The number of benzene rings is 1. The van der Waals surface area contributed by atoms with E-state index in [0.29, 0.717) is 6.54 Å². The highest BCUT2D eigenvalue weighted by Gasteiger charge is 2.09. The second kappa shape index (κ2) is 5.90. The number of hydrogen-bond donors (Lipinski definition) is 1. The molecule has 2 rings (SSSR count). The van der Waals surface area contributed by atoms with Crippen LogP contribution in [0, 0.1) is 13.8 Å². The van der Waals surface area contributed by atoms with E-state index in [4.69, 9.17) is 5.73 Å². The smallest absolute Gasteiger partial charge is 0.289 e. The van der Waals surface area contributed by atoms with E-state index in [9.17, 15) is 4.79 Å². The van der Waals surface area contributed by atoms with E-state index in [1.807, 2.05) is 19.1 Å². The topological polar surface area (TPSA) is 60.9 Å². The van der Waals surface area contributed by atoms with Crippen molar-refractivity contribution in [2.24, 2.45) is 0 Å². The normalized spacial score (nSPS) is 10.8. The number of unbranched alkanes of at least 4 members (excludes halogenated alkanes) is 1. The van der Waals surface area contributed by atoms with E-state index >= 15 is 0 Å². The van der Waals surface area contributed by atoms with Gasteiger partial charge in [0.15, 0.2) is 0 Å². The summed E-state index contributed by atoms with van der Waals surface area (Å²) in [4.78, 5) is 12.0. The lowest BCUT2D eigenvalue weighted by molar-refractivity contribution is 0.546.